The molecule has 1 amide bonds. The lowest BCUT2D eigenvalue weighted by Gasteiger charge is -2.11. The van der Waals surface area contributed by atoms with Crippen molar-refractivity contribution < 1.29 is 4.79 Å². The molecule has 6 heteroatoms. The van der Waals surface area contributed by atoms with Gasteiger partial charge in [0.05, 0.1) is 0 Å². The van der Waals surface area contributed by atoms with Gasteiger partial charge in [-0.1, -0.05) is 0 Å². The van der Waals surface area contributed by atoms with E-state index in [9.17, 15) is 4.79 Å². The number of halogens is 2. The number of hydrogen-bond donors (Lipinski definition) is 3. The third kappa shape index (κ3) is 4.56. The minimum absolute atomic E-state index is 0. The van der Waals surface area contributed by atoms with E-state index in [4.69, 9.17) is 0 Å². The molecule has 0 aliphatic carbocycles. The summed E-state index contributed by atoms with van der Waals surface area (Å²) in [6.07, 6.45) is 1.00. The summed E-state index contributed by atoms with van der Waals surface area (Å²) in [6.45, 7) is 3.65. The van der Waals surface area contributed by atoms with Crippen LogP contribution < -0.4 is 16.0 Å². The topological polar surface area (TPSA) is 53.2 Å². The van der Waals surface area contributed by atoms with E-state index in [0.29, 0.717) is 6.54 Å². The number of benzene rings is 1. The highest BCUT2D eigenvalue weighted by atomic mass is 35.5. The van der Waals surface area contributed by atoms with Crippen LogP contribution >= 0.6 is 24.8 Å². The Hall–Kier alpha value is -0.970. The molecule has 108 valence electrons. The first-order valence-corrected chi connectivity index (χ1v) is 6.03. The number of rotatable bonds is 4. The second kappa shape index (κ2) is 8.25. The molecule has 0 spiro atoms. The fourth-order valence-corrected chi connectivity index (χ4v) is 1.90. The molecule has 1 aliphatic rings. The van der Waals surface area contributed by atoms with Gasteiger partial charge in [-0.3, -0.25) is 4.79 Å². The number of hydrogen-bond acceptors (Lipinski definition) is 3. The standard InChI is InChI=1S/C13H19N3O.2ClH/c1-9(14-2)8-16-13(17)11-3-4-12-10(7-11)5-6-15-12;;/h3-4,7,9,14-15H,5-6,8H2,1-2H3,(H,16,17);2*1H. The SMILES string of the molecule is CNC(C)CNC(=O)c1ccc2c(c1)CCN2.Cl.Cl. The lowest BCUT2D eigenvalue weighted by molar-refractivity contribution is 0.0950. The summed E-state index contributed by atoms with van der Waals surface area (Å²) in [7, 11) is 1.89. The molecule has 1 aliphatic heterocycles. The number of amides is 1. The molecule has 2 rings (SSSR count). The van der Waals surface area contributed by atoms with E-state index in [0.717, 1.165) is 24.2 Å². The summed E-state index contributed by atoms with van der Waals surface area (Å²) in [5.74, 6) is 0.00167. The van der Waals surface area contributed by atoms with E-state index in [-0.39, 0.29) is 36.8 Å². The second-order valence-electron chi connectivity index (χ2n) is 4.45. The minimum atomic E-state index is 0. The molecule has 19 heavy (non-hydrogen) atoms. The van der Waals surface area contributed by atoms with Crippen molar-refractivity contribution in [3.8, 4) is 0 Å². The Morgan fingerprint density at radius 3 is 2.84 bits per heavy atom. The van der Waals surface area contributed by atoms with Gasteiger partial charge in [0.15, 0.2) is 0 Å². The van der Waals surface area contributed by atoms with Gasteiger partial charge in [-0.15, -0.1) is 24.8 Å². The van der Waals surface area contributed by atoms with Gasteiger partial charge in [0, 0.05) is 30.4 Å². The van der Waals surface area contributed by atoms with E-state index in [1.807, 2.05) is 32.2 Å². The minimum Gasteiger partial charge on any atom is -0.384 e. The Morgan fingerprint density at radius 1 is 1.42 bits per heavy atom. The van der Waals surface area contributed by atoms with Crippen LogP contribution in [0.3, 0.4) is 0 Å². The first-order valence-electron chi connectivity index (χ1n) is 6.03. The van der Waals surface area contributed by atoms with Crippen LogP contribution in [0, 0.1) is 0 Å². The first-order chi connectivity index (χ1) is 8.20. The van der Waals surface area contributed by atoms with E-state index in [2.05, 4.69) is 16.0 Å². The van der Waals surface area contributed by atoms with Crippen molar-refractivity contribution in [3.05, 3.63) is 29.3 Å². The number of carbonyl (C=O) groups is 1. The molecule has 1 aromatic carbocycles. The molecule has 0 saturated heterocycles. The van der Waals surface area contributed by atoms with Gasteiger partial charge in [0.25, 0.3) is 5.91 Å². The molecule has 0 bridgehead atoms. The average molecular weight is 306 g/mol. The van der Waals surface area contributed by atoms with Crippen LogP contribution in [-0.2, 0) is 6.42 Å². The van der Waals surface area contributed by atoms with E-state index in [1.165, 1.54) is 5.56 Å². The van der Waals surface area contributed by atoms with Crippen molar-refractivity contribution in [2.75, 3.05) is 25.5 Å². The molecule has 1 aromatic rings. The monoisotopic (exact) mass is 305 g/mol. The van der Waals surface area contributed by atoms with E-state index >= 15 is 0 Å². The van der Waals surface area contributed by atoms with Gasteiger partial charge in [-0.2, -0.15) is 0 Å². The Morgan fingerprint density at radius 2 is 2.16 bits per heavy atom. The van der Waals surface area contributed by atoms with Crippen molar-refractivity contribution in [3.63, 3.8) is 0 Å². The zero-order chi connectivity index (χ0) is 12.3. The number of nitrogens with one attached hydrogen (secondary N) is 3. The van der Waals surface area contributed by atoms with Gasteiger partial charge in [-0.25, -0.2) is 0 Å². The fraction of sp³-hybridized carbons (Fsp3) is 0.462. The zero-order valence-electron chi connectivity index (χ0n) is 11.2. The summed E-state index contributed by atoms with van der Waals surface area (Å²) >= 11 is 0. The number of likely N-dealkylation sites (N-methyl/N-ethyl adjacent to an activating group) is 1. The van der Waals surface area contributed by atoms with E-state index in [1.54, 1.807) is 0 Å². The molecule has 1 atom stereocenters. The van der Waals surface area contributed by atoms with Crippen molar-refractivity contribution in [2.24, 2.45) is 0 Å². The van der Waals surface area contributed by atoms with Crippen LogP contribution in [0.5, 0.6) is 0 Å². The molecule has 3 N–H and O–H groups in total. The van der Waals surface area contributed by atoms with Crippen LogP contribution in [0.1, 0.15) is 22.8 Å². The Bertz CT molecular complexity index is 426. The normalized spacial score (nSPS) is 13.4. The van der Waals surface area contributed by atoms with E-state index < -0.39 is 0 Å². The fourth-order valence-electron chi connectivity index (χ4n) is 1.90. The molecular formula is C13H21Cl2N3O. The summed E-state index contributed by atoms with van der Waals surface area (Å²) in [6, 6.07) is 6.12. The Balaban J connectivity index is 0.00000162. The van der Waals surface area contributed by atoms with Crippen molar-refractivity contribution >= 4 is 36.4 Å². The van der Waals surface area contributed by atoms with Crippen molar-refractivity contribution in [1.82, 2.24) is 10.6 Å². The molecule has 4 nitrogen and oxygen atoms in total. The predicted molar refractivity (Wildman–Crippen MR) is 84.0 cm³/mol. The molecule has 0 fully saturated rings. The first kappa shape index (κ1) is 18.0. The van der Waals surface area contributed by atoms with Crippen LogP contribution in [-0.4, -0.2) is 32.1 Å². The third-order valence-corrected chi connectivity index (χ3v) is 3.14. The summed E-state index contributed by atoms with van der Waals surface area (Å²) in [4.78, 5) is 11.9. The number of anilines is 1. The lowest BCUT2D eigenvalue weighted by atomic mass is 10.1. The van der Waals surface area contributed by atoms with Gasteiger partial charge in [0.2, 0.25) is 0 Å². The van der Waals surface area contributed by atoms with Crippen LogP contribution in [0.25, 0.3) is 0 Å². The molecule has 1 unspecified atom stereocenters. The average Bonchev–Trinajstić information content (AvgIpc) is 2.82. The molecular weight excluding hydrogens is 285 g/mol. The maximum Gasteiger partial charge on any atom is 0.251 e. The molecule has 0 radical (unpaired) electrons. The largest absolute Gasteiger partial charge is 0.384 e. The zero-order valence-corrected chi connectivity index (χ0v) is 12.8. The molecule has 0 aromatic heterocycles. The quantitative estimate of drug-likeness (QED) is 0.795. The lowest BCUT2D eigenvalue weighted by Crippen LogP contribution is -2.37. The van der Waals surface area contributed by atoms with Gasteiger partial charge in [-0.05, 0) is 44.2 Å². The van der Waals surface area contributed by atoms with Crippen LogP contribution in [0.15, 0.2) is 18.2 Å². The van der Waals surface area contributed by atoms with Crippen LogP contribution in [0.4, 0.5) is 5.69 Å². The number of fused-ring (bicyclic) bond motifs is 1. The Kier molecular flexibility index (Phi) is 7.83. The molecule has 0 saturated carbocycles. The second-order valence-corrected chi connectivity index (χ2v) is 4.45. The van der Waals surface area contributed by atoms with Gasteiger partial charge >= 0.3 is 0 Å². The maximum atomic E-state index is 11.9. The van der Waals surface area contributed by atoms with Crippen LogP contribution in [0.2, 0.25) is 0 Å². The summed E-state index contributed by atoms with van der Waals surface area (Å²) < 4.78 is 0. The van der Waals surface area contributed by atoms with Gasteiger partial charge < -0.3 is 16.0 Å². The smallest absolute Gasteiger partial charge is 0.251 e. The number of carbonyl (C=O) groups excluding carboxylic acids is 1. The van der Waals surface area contributed by atoms with Gasteiger partial charge in [0.1, 0.15) is 0 Å². The summed E-state index contributed by atoms with van der Waals surface area (Å²) in [5.41, 5.74) is 3.14. The molecule has 1 heterocycles. The maximum absolute atomic E-state index is 11.9. The highest BCUT2D eigenvalue weighted by Crippen LogP contribution is 2.22. The highest BCUT2D eigenvalue weighted by molar-refractivity contribution is 5.95. The van der Waals surface area contributed by atoms with Crippen molar-refractivity contribution in [1.29, 1.82) is 0 Å². The Labute approximate surface area is 126 Å². The highest BCUT2D eigenvalue weighted by Gasteiger charge is 2.13. The third-order valence-electron chi connectivity index (χ3n) is 3.14. The summed E-state index contributed by atoms with van der Waals surface area (Å²) in [5, 5.41) is 9.29. The van der Waals surface area contributed by atoms with Crippen molar-refractivity contribution in [2.45, 2.75) is 19.4 Å². The predicted octanol–water partition coefficient (Wildman–Crippen LogP) is 1.84.